The third-order valence-corrected chi connectivity index (χ3v) is 5.29. The number of nitrogens with zero attached hydrogens (tertiary/aromatic N) is 4. The summed E-state index contributed by atoms with van der Waals surface area (Å²) >= 11 is 0. The summed E-state index contributed by atoms with van der Waals surface area (Å²) in [4.78, 5) is 1.55. The van der Waals surface area contributed by atoms with E-state index >= 15 is 0 Å². The molecule has 0 aliphatic rings. The zero-order chi connectivity index (χ0) is 13.4. The van der Waals surface area contributed by atoms with E-state index in [-0.39, 0.29) is 0 Å². The number of aryl methyl sites for hydroxylation is 2. The van der Waals surface area contributed by atoms with Crippen LogP contribution in [0.3, 0.4) is 0 Å². The molecule has 0 saturated heterocycles. The standard InChI is InChI=1S/C10H22N4O3Si/c1-5-15-18(16-6-2,17-7-3)9-8-14-12-10(4)11-13-14/h5-9H2,1-4H3. The SMILES string of the molecule is CCO[Si](CCn1nnc(C)n1)(OCC)OCC. The van der Waals surface area contributed by atoms with Crippen molar-refractivity contribution in [2.24, 2.45) is 0 Å². The van der Waals surface area contributed by atoms with Crippen LogP contribution in [-0.4, -0.2) is 48.8 Å². The first-order valence-electron chi connectivity index (χ1n) is 6.32. The van der Waals surface area contributed by atoms with Crippen molar-refractivity contribution in [2.75, 3.05) is 19.8 Å². The molecule has 0 radical (unpaired) electrons. The maximum Gasteiger partial charge on any atom is 0.502 e. The van der Waals surface area contributed by atoms with Gasteiger partial charge in [0, 0.05) is 25.9 Å². The molecule has 104 valence electrons. The van der Waals surface area contributed by atoms with Crippen molar-refractivity contribution in [3.05, 3.63) is 5.82 Å². The lowest BCUT2D eigenvalue weighted by atomic mass is 10.8. The quantitative estimate of drug-likeness (QED) is 0.626. The van der Waals surface area contributed by atoms with Gasteiger partial charge >= 0.3 is 8.80 Å². The summed E-state index contributed by atoms with van der Waals surface area (Å²) in [5.41, 5.74) is 0. The molecule has 7 nitrogen and oxygen atoms in total. The van der Waals surface area contributed by atoms with E-state index in [0.29, 0.717) is 38.2 Å². The number of tetrazole rings is 1. The second kappa shape index (κ2) is 7.57. The van der Waals surface area contributed by atoms with Gasteiger partial charge in [0.2, 0.25) is 0 Å². The van der Waals surface area contributed by atoms with E-state index in [1.807, 2.05) is 27.7 Å². The fourth-order valence-corrected chi connectivity index (χ4v) is 4.13. The normalized spacial score (nSPS) is 12.0. The monoisotopic (exact) mass is 274 g/mol. The highest BCUT2D eigenvalue weighted by molar-refractivity contribution is 6.60. The van der Waals surface area contributed by atoms with Gasteiger partial charge in [-0.15, -0.1) is 10.2 Å². The van der Waals surface area contributed by atoms with Gasteiger partial charge < -0.3 is 13.3 Å². The minimum atomic E-state index is -2.60. The lowest BCUT2D eigenvalue weighted by Crippen LogP contribution is -2.46. The Hall–Kier alpha value is -0.833. The van der Waals surface area contributed by atoms with Crippen molar-refractivity contribution >= 4 is 8.80 Å². The van der Waals surface area contributed by atoms with Crippen LogP contribution < -0.4 is 0 Å². The van der Waals surface area contributed by atoms with Crippen molar-refractivity contribution in [3.63, 3.8) is 0 Å². The van der Waals surface area contributed by atoms with Gasteiger partial charge in [-0.2, -0.15) is 4.80 Å². The van der Waals surface area contributed by atoms with E-state index in [1.165, 1.54) is 0 Å². The van der Waals surface area contributed by atoms with E-state index in [4.69, 9.17) is 13.3 Å². The first kappa shape index (κ1) is 15.2. The highest BCUT2D eigenvalue weighted by atomic mass is 28.4. The van der Waals surface area contributed by atoms with Gasteiger partial charge in [-0.25, -0.2) is 0 Å². The van der Waals surface area contributed by atoms with Crippen LogP contribution in [0.25, 0.3) is 0 Å². The third kappa shape index (κ3) is 4.45. The molecule has 0 aromatic carbocycles. The lowest BCUT2D eigenvalue weighted by molar-refractivity contribution is 0.0695. The van der Waals surface area contributed by atoms with Crippen molar-refractivity contribution in [3.8, 4) is 0 Å². The Kier molecular flexibility index (Phi) is 6.40. The fourth-order valence-electron chi connectivity index (χ4n) is 1.66. The summed E-state index contributed by atoms with van der Waals surface area (Å²) < 4.78 is 17.2. The smallest absolute Gasteiger partial charge is 0.374 e. The Balaban J connectivity index is 2.63. The Morgan fingerprint density at radius 3 is 2.00 bits per heavy atom. The van der Waals surface area contributed by atoms with Crippen LogP contribution in [0.4, 0.5) is 0 Å². The van der Waals surface area contributed by atoms with Gasteiger partial charge in [0.25, 0.3) is 0 Å². The number of rotatable bonds is 9. The second-order valence-electron chi connectivity index (χ2n) is 3.66. The average molecular weight is 274 g/mol. The van der Waals surface area contributed by atoms with Crippen LogP contribution in [0.2, 0.25) is 6.04 Å². The molecule has 1 aromatic heterocycles. The number of hydrogen-bond donors (Lipinski definition) is 0. The minimum Gasteiger partial charge on any atom is -0.374 e. The van der Waals surface area contributed by atoms with E-state index in [9.17, 15) is 0 Å². The van der Waals surface area contributed by atoms with Crippen LogP contribution in [0.15, 0.2) is 0 Å². The van der Waals surface area contributed by atoms with Crippen LogP contribution >= 0.6 is 0 Å². The predicted molar refractivity (Wildman–Crippen MR) is 68.0 cm³/mol. The first-order valence-corrected chi connectivity index (χ1v) is 8.25. The number of hydrogen-bond acceptors (Lipinski definition) is 6. The van der Waals surface area contributed by atoms with E-state index in [1.54, 1.807) is 4.80 Å². The molecule has 1 aromatic rings. The van der Waals surface area contributed by atoms with Gasteiger partial charge in [0.05, 0.1) is 6.54 Å². The summed E-state index contributed by atoms with van der Waals surface area (Å²) in [7, 11) is -2.60. The average Bonchev–Trinajstić information content (AvgIpc) is 2.74. The molecule has 0 bridgehead atoms. The molecule has 8 heteroatoms. The molecule has 1 rings (SSSR count). The van der Waals surface area contributed by atoms with Gasteiger partial charge in [0.15, 0.2) is 5.82 Å². The molecular weight excluding hydrogens is 252 g/mol. The van der Waals surface area contributed by atoms with Gasteiger partial charge in [-0.3, -0.25) is 0 Å². The second-order valence-corrected chi connectivity index (χ2v) is 6.40. The topological polar surface area (TPSA) is 71.3 Å². The Morgan fingerprint density at radius 2 is 1.61 bits per heavy atom. The molecule has 0 N–H and O–H groups in total. The first-order chi connectivity index (χ1) is 8.65. The van der Waals surface area contributed by atoms with E-state index < -0.39 is 8.80 Å². The van der Waals surface area contributed by atoms with Crippen LogP contribution in [0.5, 0.6) is 0 Å². The Labute approximate surface area is 109 Å². The van der Waals surface area contributed by atoms with Crippen molar-refractivity contribution in [1.29, 1.82) is 0 Å². The summed E-state index contributed by atoms with van der Waals surface area (Å²) in [6.07, 6.45) is 0. The van der Waals surface area contributed by atoms with Crippen molar-refractivity contribution in [2.45, 2.75) is 40.3 Å². The summed E-state index contributed by atoms with van der Waals surface area (Å²) in [5, 5.41) is 11.9. The van der Waals surface area contributed by atoms with Gasteiger partial charge in [0.1, 0.15) is 0 Å². The largest absolute Gasteiger partial charge is 0.502 e. The number of aromatic nitrogens is 4. The summed E-state index contributed by atoms with van der Waals surface area (Å²) in [6.45, 7) is 9.96. The molecule has 0 unspecified atom stereocenters. The molecule has 0 fully saturated rings. The molecule has 0 saturated carbocycles. The van der Waals surface area contributed by atoms with E-state index in [2.05, 4.69) is 15.4 Å². The fraction of sp³-hybridized carbons (Fsp3) is 0.900. The minimum absolute atomic E-state index is 0.579. The lowest BCUT2D eigenvalue weighted by Gasteiger charge is -2.28. The van der Waals surface area contributed by atoms with Crippen molar-refractivity contribution in [1.82, 2.24) is 20.2 Å². The molecule has 0 amide bonds. The highest BCUT2D eigenvalue weighted by Crippen LogP contribution is 2.16. The van der Waals surface area contributed by atoms with Crippen LogP contribution in [-0.2, 0) is 19.8 Å². The summed E-state index contributed by atoms with van der Waals surface area (Å²) in [5.74, 6) is 0.659. The predicted octanol–water partition coefficient (Wildman–Crippen LogP) is 1.03. The summed E-state index contributed by atoms with van der Waals surface area (Å²) in [6, 6.07) is 0.651. The van der Waals surface area contributed by atoms with Gasteiger partial charge in [-0.1, -0.05) is 0 Å². The van der Waals surface area contributed by atoms with Crippen molar-refractivity contribution < 1.29 is 13.3 Å². The van der Waals surface area contributed by atoms with Crippen LogP contribution in [0.1, 0.15) is 26.6 Å². The molecule has 0 aliphatic heterocycles. The molecular formula is C10H22N4O3Si. The maximum atomic E-state index is 5.74. The Morgan fingerprint density at radius 1 is 1.06 bits per heavy atom. The zero-order valence-corrected chi connectivity index (χ0v) is 12.5. The molecule has 0 atom stereocenters. The molecule has 1 heterocycles. The van der Waals surface area contributed by atoms with Gasteiger partial charge in [-0.05, 0) is 32.9 Å². The van der Waals surface area contributed by atoms with Crippen LogP contribution in [0, 0.1) is 6.92 Å². The Bertz CT molecular complexity index is 331. The molecule has 18 heavy (non-hydrogen) atoms. The maximum absolute atomic E-state index is 5.74. The van der Waals surface area contributed by atoms with E-state index in [0.717, 1.165) is 0 Å². The molecule has 0 aliphatic carbocycles. The third-order valence-electron chi connectivity index (χ3n) is 2.26. The zero-order valence-electron chi connectivity index (χ0n) is 11.5. The highest BCUT2D eigenvalue weighted by Gasteiger charge is 2.40. The molecule has 0 spiro atoms.